The van der Waals surface area contributed by atoms with Crippen LogP contribution in [-0.4, -0.2) is 19.0 Å². The van der Waals surface area contributed by atoms with E-state index in [0.29, 0.717) is 36.8 Å². The lowest BCUT2D eigenvalue weighted by atomic mass is 10.1. The van der Waals surface area contributed by atoms with E-state index >= 15 is 0 Å². The number of carbonyl (C=O) groups is 2. The average Bonchev–Trinajstić information content (AvgIpc) is 2.63. The minimum absolute atomic E-state index is 0.0419. The summed E-state index contributed by atoms with van der Waals surface area (Å²) in [7, 11) is 1.53. The maximum Gasteiger partial charge on any atom is 0.311 e. The SMILES string of the molecule is CCCC(=O)Oc1ccc(CNC(=O)CCCC/C=C/C(C)C)cc1OC. The topological polar surface area (TPSA) is 64.6 Å². The molecule has 1 rings (SSSR count). The summed E-state index contributed by atoms with van der Waals surface area (Å²) >= 11 is 0. The highest BCUT2D eigenvalue weighted by Crippen LogP contribution is 2.28. The molecule has 0 bridgehead atoms. The Balaban J connectivity index is 2.41. The molecule has 27 heavy (non-hydrogen) atoms. The van der Waals surface area contributed by atoms with Crippen molar-refractivity contribution in [3.8, 4) is 11.5 Å². The van der Waals surface area contributed by atoms with Crippen LogP contribution >= 0.6 is 0 Å². The summed E-state index contributed by atoms with van der Waals surface area (Å²) in [6.07, 6.45) is 8.92. The standard InChI is InChI=1S/C22H33NO4/c1-5-10-22(25)27-19-14-13-18(15-20(19)26-4)16-23-21(24)12-9-7-6-8-11-17(2)3/h8,11,13-15,17H,5-7,9-10,12,16H2,1-4H3,(H,23,24)/b11-8+. The molecule has 1 amide bonds. The first kappa shape index (κ1) is 22.7. The fraction of sp³-hybridized carbons (Fsp3) is 0.545. The highest BCUT2D eigenvalue weighted by molar-refractivity contribution is 5.76. The Bertz CT molecular complexity index is 623. The Morgan fingerprint density at radius 3 is 2.59 bits per heavy atom. The quantitative estimate of drug-likeness (QED) is 0.247. The molecule has 0 aromatic heterocycles. The van der Waals surface area contributed by atoms with E-state index in [1.54, 1.807) is 12.1 Å². The van der Waals surface area contributed by atoms with Crippen LogP contribution in [0.1, 0.15) is 64.9 Å². The number of hydrogen-bond acceptors (Lipinski definition) is 4. The Labute approximate surface area is 163 Å². The van der Waals surface area contributed by atoms with Crippen molar-refractivity contribution in [1.82, 2.24) is 5.32 Å². The van der Waals surface area contributed by atoms with Crippen LogP contribution in [-0.2, 0) is 16.1 Å². The van der Waals surface area contributed by atoms with Gasteiger partial charge in [-0.25, -0.2) is 0 Å². The van der Waals surface area contributed by atoms with Crippen LogP contribution in [0.4, 0.5) is 0 Å². The molecular formula is C22H33NO4. The van der Waals surface area contributed by atoms with Gasteiger partial charge in [-0.3, -0.25) is 9.59 Å². The van der Waals surface area contributed by atoms with Crippen LogP contribution in [0.15, 0.2) is 30.4 Å². The molecule has 0 fully saturated rings. The fourth-order valence-electron chi connectivity index (χ4n) is 2.49. The first-order valence-corrected chi connectivity index (χ1v) is 9.77. The number of rotatable bonds is 12. The monoisotopic (exact) mass is 375 g/mol. The lowest BCUT2D eigenvalue weighted by Crippen LogP contribution is -2.22. The third kappa shape index (κ3) is 9.83. The summed E-state index contributed by atoms with van der Waals surface area (Å²) in [6.45, 7) is 6.65. The predicted molar refractivity (Wildman–Crippen MR) is 108 cm³/mol. The van der Waals surface area contributed by atoms with Crippen molar-refractivity contribution in [2.75, 3.05) is 7.11 Å². The molecule has 0 spiro atoms. The van der Waals surface area contributed by atoms with E-state index in [2.05, 4.69) is 31.3 Å². The van der Waals surface area contributed by atoms with Crippen molar-refractivity contribution in [3.63, 3.8) is 0 Å². The van der Waals surface area contributed by atoms with Gasteiger partial charge >= 0.3 is 5.97 Å². The predicted octanol–water partition coefficient (Wildman–Crippen LogP) is 4.79. The average molecular weight is 376 g/mol. The molecule has 5 heteroatoms. The molecule has 0 saturated carbocycles. The number of carbonyl (C=O) groups excluding carboxylic acids is 2. The summed E-state index contributed by atoms with van der Waals surface area (Å²) in [6, 6.07) is 5.31. The van der Waals surface area contributed by atoms with E-state index in [1.807, 2.05) is 13.0 Å². The molecule has 1 N–H and O–H groups in total. The molecule has 5 nitrogen and oxygen atoms in total. The number of esters is 1. The number of benzene rings is 1. The van der Waals surface area contributed by atoms with Crippen molar-refractivity contribution < 1.29 is 19.1 Å². The molecule has 1 aromatic carbocycles. The molecule has 0 saturated heterocycles. The van der Waals surface area contributed by atoms with Crippen LogP contribution in [0.3, 0.4) is 0 Å². The van der Waals surface area contributed by atoms with Gasteiger partial charge in [0.25, 0.3) is 0 Å². The third-order valence-corrected chi connectivity index (χ3v) is 3.94. The number of allylic oxidation sites excluding steroid dienone is 2. The van der Waals surface area contributed by atoms with Crippen LogP contribution in [0.5, 0.6) is 11.5 Å². The van der Waals surface area contributed by atoms with Crippen molar-refractivity contribution in [2.24, 2.45) is 5.92 Å². The van der Waals surface area contributed by atoms with E-state index in [1.165, 1.54) is 7.11 Å². The van der Waals surface area contributed by atoms with E-state index in [9.17, 15) is 9.59 Å². The molecule has 0 unspecified atom stereocenters. The zero-order valence-electron chi connectivity index (χ0n) is 17.0. The molecular weight excluding hydrogens is 342 g/mol. The Morgan fingerprint density at radius 2 is 1.93 bits per heavy atom. The Kier molecular flexibility index (Phi) is 10.9. The number of hydrogen-bond donors (Lipinski definition) is 1. The first-order chi connectivity index (χ1) is 13.0. The van der Waals surface area contributed by atoms with Crippen LogP contribution in [0.25, 0.3) is 0 Å². The van der Waals surface area contributed by atoms with Gasteiger partial charge in [0, 0.05) is 19.4 Å². The summed E-state index contributed by atoms with van der Waals surface area (Å²) < 4.78 is 10.6. The minimum atomic E-state index is -0.278. The van der Waals surface area contributed by atoms with Crippen molar-refractivity contribution >= 4 is 11.9 Å². The van der Waals surface area contributed by atoms with Gasteiger partial charge < -0.3 is 14.8 Å². The number of amides is 1. The fourth-order valence-corrected chi connectivity index (χ4v) is 2.49. The summed E-state index contributed by atoms with van der Waals surface area (Å²) in [5.74, 6) is 1.23. The van der Waals surface area contributed by atoms with Crippen molar-refractivity contribution in [3.05, 3.63) is 35.9 Å². The number of unbranched alkanes of at least 4 members (excludes halogenated alkanes) is 2. The maximum atomic E-state index is 12.0. The van der Waals surface area contributed by atoms with Gasteiger partial charge in [-0.2, -0.15) is 0 Å². The normalized spacial score (nSPS) is 11.0. The van der Waals surface area contributed by atoms with Gasteiger partial charge in [-0.05, 0) is 49.3 Å². The second-order valence-electron chi connectivity index (χ2n) is 6.90. The first-order valence-electron chi connectivity index (χ1n) is 9.77. The number of ether oxygens (including phenoxy) is 2. The molecule has 150 valence electrons. The highest BCUT2D eigenvalue weighted by atomic mass is 16.6. The Hall–Kier alpha value is -2.30. The van der Waals surface area contributed by atoms with Crippen LogP contribution in [0.2, 0.25) is 0 Å². The molecule has 0 aliphatic heterocycles. The van der Waals surface area contributed by atoms with Gasteiger partial charge in [0.15, 0.2) is 11.5 Å². The third-order valence-electron chi connectivity index (χ3n) is 3.94. The van der Waals surface area contributed by atoms with Crippen LogP contribution in [0, 0.1) is 5.92 Å². The molecule has 0 aliphatic rings. The second kappa shape index (κ2) is 13.0. The van der Waals surface area contributed by atoms with E-state index in [0.717, 1.165) is 31.2 Å². The van der Waals surface area contributed by atoms with E-state index in [4.69, 9.17) is 9.47 Å². The lowest BCUT2D eigenvalue weighted by Gasteiger charge is -2.11. The van der Waals surface area contributed by atoms with Crippen LogP contribution < -0.4 is 14.8 Å². The Morgan fingerprint density at radius 1 is 1.15 bits per heavy atom. The number of nitrogens with one attached hydrogen (secondary N) is 1. The summed E-state index contributed by atoms with van der Waals surface area (Å²) in [5.41, 5.74) is 0.898. The van der Waals surface area contributed by atoms with Gasteiger partial charge in [0.1, 0.15) is 0 Å². The summed E-state index contributed by atoms with van der Waals surface area (Å²) in [4.78, 5) is 23.6. The molecule has 1 aromatic rings. The highest BCUT2D eigenvalue weighted by Gasteiger charge is 2.11. The zero-order valence-corrected chi connectivity index (χ0v) is 17.0. The largest absolute Gasteiger partial charge is 0.493 e. The summed E-state index contributed by atoms with van der Waals surface area (Å²) in [5, 5.41) is 2.92. The lowest BCUT2D eigenvalue weighted by molar-refractivity contribution is -0.134. The van der Waals surface area contributed by atoms with Gasteiger partial charge in [0.2, 0.25) is 5.91 Å². The van der Waals surface area contributed by atoms with Crippen molar-refractivity contribution in [2.45, 2.75) is 65.8 Å². The van der Waals surface area contributed by atoms with Gasteiger partial charge in [-0.1, -0.05) is 39.0 Å². The second-order valence-corrected chi connectivity index (χ2v) is 6.90. The zero-order chi connectivity index (χ0) is 20.1. The van der Waals surface area contributed by atoms with Crippen molar-refractivity contribution in [1.29, 1.82) is 0 Å². The molecule has 0 aliphatic carbocycles. The molecule has 0 atom stereocenters. The van der Waals surface area contributed by atoms with E-state index in [-0.39, 0.29) is 11.9 Å². The van der Waals surface area contributed by atoms with Gasteiger partial charge in [-0.15, -0.1) is 0 Å². The smallest absolute Gasteiger partial charge is 0.311 e. The minimum Gasteiger partial charge on any atom is -0.493 e. The molecule has 0 radical (unpaired) electrons. The van der Waals surface area contributed by atoms with Gasteiger partial charge in [0.05, 0.1) is 7.11 Å². The molecule has 0 heterocycles. The van der Waals surface area contributed by atoms with E-state index < -0.39 is 0 Å². The number of methoxy groups -OCH3 is 1. The maximum absolute atomic E-state index is 12.0.